The number of hydrogen-bond donors (Lipinski definition) is 1. The van der Waals surface area contributed by atoms with Crippen molar-refractivity contribution in [1.82, 2.24) is 4.90 Å². The smallest absolute Gasteiger partial charge is 0.387 e. The molecule has 0 spiro atoms. The molecular formula is C18H19F3N2O4. The number of ether oxygens (including phenoxy) is 3. The van der Waals surface area contributed by atoms with E-state index in [9.17, 15) is 18.0 Å². The highest BCUT2D eigenvalue weighted by molar-refractivity contribution is 5.89. The van der Waals surface area contributed by atoms with Gasteiger partial charge in [0.2, 0.25) is 0 Å². The molecule has 1 N–H and O–H groups in total. The SMILES string of the molecule is COc1ccc(NC(=O)N(C)CCOc2ccc(F)cc2)cc1OC(F)F. The highest BCUT2D eigenvalue weighted by atomic mass is 19.3. The molecule has 2 aromatic rings. The van der Waals surface area contributed by atoms with E-state index in [2.05, 4.69) is 10.1 Å². The Bertz CT molecular complexity index is 757. The van der Waals surface area contributed by atoms with Crippen molar-refractivity contribution in [2.24, 2.45) is 0 Å². The molecule has 0 unspecified atom stereocenters. The van der Waals surface area contributed by atoms with Crippen molar-refractivity contribution >= 4 is 11.7 Å². The Morgan fingerprint density at radius 3 is 2.48 bits per heavy atom. The van der Waals surface area contributed by atoms with Crippen LogP contribution in [-0.2, 0) is 0 Å². The molecule has 0 heterocycles. The largest absolute Gasteiger partial charge is 0.493 e. The summed E-state index contributed by atoms with van der Waals surface area (Å²) in [4.78, 5) is 13.5. The molecule has 2 amide bonds. The molecule has 0 aliphatic rings. The van der Waals surface area contributed by atoms with Crippen LogP contribution in [0.5, 0.6) is 17.2 Å². The third-order valence-corrected chi connectivity index (χ3v) is 3.49. The fourth-order valence-electron chi connectivity index (χ4n) is 2.09. The number of urea groups is 1. The summed E-state index contributed by atoms with van der Waals surface area (Å²) in [7, 11) is 2.87. The summed E-state index contributed by atoms with van der Waals surface area (Å²) in [6.45, 7) is -2.58. The first-order valence-corrected chi connectivity index (χ1v) is 7.92. The summed E-state index contributed by atoms with van der Waals surface area (Å²) >= 11 is 0. The number of carbonyl (C=O) groups excluding carboxylic acids is 1. The van der Waals surface area contributed by atoms with E-state index in [1.54, 1.807) is 7.05 Å². The maximum atomic E-state index is 12.8. The lowest BCUT2D eigenvalue weighted by Crippen LogP contribution is -2.34. The average Bonchev–Trinajstić information content (AvgIpc) is 2.63. The fraction of sp³-hybridized carbons (Fsp3) is 0.278. The number of methoxy groups -OCH3 is 1. The molecule has 9 heteroatoms. The van der Waals surface area contributed by atoms with Gasteiger partial charge in [0, 0.05) is 18.8 Å². The highest BCUT2D eigenvalue weighted by Crippen LogP contribution is 2.31. The summed E-state index contributed by atoms with van der Waals surface area (Å²) in [6, 6.07) is 9.19. The second kappa shape index (κ2) is 9.56. The van der Waals surface area contributed by atoms with Crippen molar-refractivity contribution in [3.8, 4) is 17.2 Å². The fourth-order valence-corrected chi connectivity index (χ4v) is 2.09. The topological polar surface area (TPSA) is 60.0 Å². The van der Waals surface area contributed by atoms with E-state index in [0.717, 1.165) is 0 Å². The van der Waals surface area contributed by atoms with Gasteiger partial charge in [-0.2, -0.15) is 8.78 Å². The Balaban J connectivity index is 1.88. The summed E-state index contributed by atoms with van der Waals surface area (Å²) in [5.41, 5.74) is 0.266. The Morgan fingerprint density at radius 2 is 1.85 bits per heavy atom. The van der Waals surface area contributed by atoms with Gasteiger partial charge in [0.1, 0.15) is 18.2 Å². The predicted molar refractivity (Wildman–Crippen MR) is 93.2 cm³/mol. The number of hydrogen-bond acceptors (Lipinski definition) is 4. The third kappa shape index (κ3) is 6.28. The van der Waals surface area contributed by atoms with Crippen LogP contribution in [0.3, 0.4) is 0 Å². The van der Waals surface area contributed by atoms with Crippen molar-refractivity contribution < 1.29 is 32.2 Å². The van der Waals surface area contributed by atoms with Crippen molar-refractivity contribution in [2.75, 3.05) is 32.6 Å². The lowest BCUT2D eigenvalue weighted by atomic mass is 10.2. The van der Waals surface area contributed by atoms with Crippen LogP contribution in [0.4, 0.5) is 23.7 Å². The number of anilines is 1. The van der Waals surface area contributed by atoms with E-state index in [0.29, 0.717) is 5.75 Å². The van der Waals surface area contributed by atoms with Crippen LogP contribution < -0.4 is 19.5 Å². The van der Waals surface area contributed by atoms with Gasteiger partial charge in [-0.1, -0.05) is 0 Å². The van der Waals surface area contributed by atoms with Crippen LogP contribution in [0.25, 0.3) is 0 Å². The number of carbonyl (C=O) groups is 1. The predicted octanol–water partition coefficient (Wildman–Crippen LogP) is 3.98. The number of benzene rings is 2. The van der Waals surface area contributed by atoms with E-state index in [-0.39, 0.29) is 36.2 Å². The van der Waals surface area contributed by atoms with Crippen molar-refractivity contribution in [2.45, 2.75) is 6.61 Å². The minimum Gasteiger partial charge on any atom is -0.493 e. The maximum absolute atomic E-state index is 12.8. The molecule has 0 saturated carbocycles. The zero-order valence-electron chi connectivity index (χ0n) is 14.7. The number of nitrogens with zero attached hydrogens (tertiary/aromatic N) is 1. The molecule has 0 radical (unpaired) electrons. The van der Waals surface area contributed by atoms with Crippen LogP contribution in [0.15, 0.2) is 42.5 Å². The van der Waals surface area contributed by atoms with Gasteiger partial charge in [0.25, 0.3) is 0 Å². The molecule has 27 heavy (non-hydrogen) atoms. The van der Waals surface area contributed by atoms with Gasteiger partial charge in [-0.25, -0.2) is 9.18 Å². The summed E-state index contributed by atoms with van der Waals surface area (Å²) in [5.74, 6) is 0.0460. The monoisotopic (exact) mass is 384 g/mol. The Kier molecular flexibility index (Phi) is 7.16. The van der Waals surface area contributed by atoms with E-state index in [4.69, 9.17) is 9.47 Å². The second-order valence-electron chi connectivity index (χ2n) is 5.40. The van der Waals surface area contributed by atoms with Crippen LogP contribution in [0, 0.1) is 5.82 Å². The van der Waals surface area contributed by atoms with Crippen LogP contribution >= 0.6 is 0 Å². The van der Waals surface area contributed by atoms with Gasteiger partial charge in [-0.15, -0.1) is 0 Å². The first-order valence-electron chi connectivity index (χ1n) is 7.92. The lowest BCUT2D eigenvalue weighted by Gasteiger charge is -2.19. The normalized spacial score (nSPS) is 10.4. The number of likely N-dealkylation sites (N-methyl/N-ethyl adjacent to an activating group) is 1. The number of alkyl halides is 2. The Labute approximate surface area is 154 Å². The van der Waals surface area contributed by atoms with E-state index in [1.165, 1.54) is 54.5 Å². The first-order chi connectivity index (χ1) is 12.9. The number of halogens is 3. The minimum atomic E-state index is -3.02. The summed E-state index contributed by atoms with van der Waals surface area (Å²) in [6.07, 6.45) is 0. The van der Waals surface area contributed by atoms with Crippen LogP contribution in [-0.4, -0.2) is 44.9 Å². The number of nitrogens with one attached hydrogen (secondary N) is 1. The summed E-state index contributed by atoms with van der Waals surface area (Å²) < 4.78 is 52.4. The number of rotatable bonds is 8. The first kappa shape index (κ1) is 20.2. The maximum Gasteiger partial charge on any atom is 0.387 e. The molecule has 0 saturated heterocycles. The molecule has 0 atom stereocenters. The summed E-state index contributed by atoms with van der Waals surface area (Å²) in [5, 5.41) is 2.56. The lowest BCUT2D eigenvalue weighted by molar-refractivity contribution is -0.0511. The van der Waals surface area contributed by atoms with Crippen LogP contribution in [0.2, 0.25) is 0 Å². The van der Waals surface area contributed by atoms with E-state index in [1.807, 2.05) is 0 Å². The number of amides is 2. The Morgan fingerprint density at radius 1 is 1.15 bits per heavy atom. The molecule has 0 aliphatic heterocycles. The van der Waals surface area contributed by atoms with Gasteiger partial charge >= 0.3 is 12.6 Å². The quantitative estimate of drug-likeness (QED) is 0.748. The van der Waals surface area contributed by atoms with Gasteiger partial charge < -0.3 is 24.4 Å². The molecular weight excluding hydrogens is 365 g/mol. The average molecular weight is 384 g/mol. The third-order valence-electron chi connectivity index (χ3n) is 3.49. The molecule has 0 aliphatic carbocycles. The van der Waals surface area contributed by atoms with Crippen molar-refractivity contribution in [1.29, 1.82) is 0 Å². The molecule has 0 aromatic heterocycles. The van der Waals surface area contributed by atoms with E-state index >= 15 is 0 Å². The molecule has 0 fully saturated rings. The van der Waals surface area contributed by atoms with E-state index < -0.39 is 12.6 Å². The van der Waals surface area contributed by atoms with Crippen molar-refractivity contribution in [3.63, 3.8) is 0 Å². The molecule has 146 valence electrons. The minimum absolute atomic E-state index is 0.120. The standard InChI is InChI=1S/C18H19F3N2O4/c1-23(9-10-26-14-6-3-12(19)4-7-14)18(24)22-13-5-8-15(25-2)16(11-13)27-17(20)21/h3-8,11,17H,9-10H2,1-2H3,(H,22,24). The molecule has 6 nitrogen and oxygen atoms in total. The van der Waals surface area contributed by atoms with Gasteiger partial charge in [-0.3, -0.25) is 0 Å². The zero-order valence-corrected chi connectivity index (χ0v) is 14.7. The molecule has 2 rings (SSSR count). The van der Waals surface area contributed by atoms with Gasteiger partial charge in [0.05, 0.1) is 13.7 Å². The second-order valence-corrected chi connectivity index (χ2v) is 5.40. The van der Waals surface area contributed by atoms with Crippen molar-refractivity contribution in [3.05, 3.63) is 48.3 Å². The highest BCUT2D eigenvalue weighted by Gasteiger charge is 2.14. The Hall–Kier alpha value is -3.10. The van der Waals surface area contributed by atoms with Gasteiger partial charge in [-0.05, 0) is 36.4 Å². The van der Waals surface area contributed by atoms with Crippen LogP contribution in [0.1, 0.15) is 0 Å². The molecule has 2 aromatic carbocycles. The molecule has 0 bridgehead atoms. The zero-order chi connectivity index (χ0) is 19.8. The van der Waals surface area contributed by atoms with Gasteiger partial charge in [0.15, 0.2) is 11.5 Å².